The van der Waals surface area contributed by atoms with Gasteiger partial charge in [-0.25, -0.2) is 15.0 Å². The number of ether oxygens (including phenoxy) is 1. The molecule has 3 aromatic rings. The molecule has 0 aliphatic rings. The van der Waals surface area contributed by atoms with E-state index in [1.165, 1.54) is 6.33 Å². The summed E-state index contributed by atoms with van der Waals surface area (Å²) in [6.45, 7) is 2.48. The molecular weight excluding hydrogens is 256 g/mol. The maximum absolute atomic E-state index is 5.77. The van der Waals surface area contributed by atoms with E-state index < -0.39 is 0 Å². The number of nitrogens with zero attached hydrogens (tertiary/aromatic N) is 5. The Morgan fingerprint density at radius 2 is 2.10 bits per heavy atom. The third-order valence-electron chi connectivity index (χ3n) is 2.98. The lowest BCUT2D eigenvalue weighted by molar-refractivity contribution is 0.413. The first-order valence-electron chi connectivity index (χ1n) is 6.10. The summed E-state index contributed by atoms with van der Waals surface area (Å²) in [5, 5.41) is 0. The molecule has 0 amide bonds. The van der Waals surface area contributed by atoms with Crippen molar-refractivity contribution in [3.8, 4) is 5.75 Å². The average Bonchev–Trinajstić information content (AvgIpc) is 2.83. The van der Waals surface area contributed by atoms with Crippen LogP contribution in [0, 0.1) is 6.92 Å². The molecule has 0 radical (unpaired) electrons. The first kappa shape index (κ1) is 12.3. The van der Waals surface area contributed by atoms with Gasteiger partial charge in [-0.1, -0.05) is 0 Å². The Labute approximate surface area is 115 Å². The van der Waals surface area contributed by atoms with Crippen LogP contribution in [0.2, 0.25) is 0 Å². The summed E-state index contributed by atoms with van der Waals surface area (Å²) in [5.74, 6) is 1.16. The van der Waals surface area contributed by atoms with E-state index in [1.54, 1.807) is 13.4 Å². The summed E-state index contributed by atoms with van der Waals surface area (Å²) in [6, 6.07) is 3.78. The Morgan fingerprint density at radius 3 is 2.90 bits per heavy atom. The summed E-state index contributed by atoms with van der Waals surface area (Å²) < 4.78 is 7.13. The zero-order chi connectivity index (χ0) is 14.1. The first-order valence-corrected chi connectivity index (χ1v) is 6.10. The SMILES string of the molecule is COc1cc(C)nc(Cn2cnc3c(N)ncnc32)c1. The number of aromatic nitrogens is 5. The standard InChI is InChI=1S/C13H14N6O/c1-8-3-10(20-2)4-9(18-8)5-19-7-17-11-12(14)15-6-16-13(11)19/h3-4,6-7H,5H2,1-2H3,(H2,14,15,16). The van der Waals surface area contributed by atoms with Crippen molar-refractivity contribution in [2.45, 2.75) is 13.5 Å². The molecule has 0 saturated carbocycles. The number of fused-ring (bicyclic) bond motifs is 1. The fraction of sp³-hybridized carbons (Fsp3) is 0.231. The number of nitrogen functional groups attached to an aromatic ring is 1. The molecule has 3 aromatic heterocycles. The summed E-state index contributed by atoms with van der Waals surface area (Å²) in [7, 11) is 1.64. The van der Waals surface area contributed by atoms with Gasteiger partial charge in [0.15, 0.2) is 11.5 Å². The zero-order valence-corrected chi connectivity index (χ0v) is 11.2. The van der Waals surface area contributed by atoms with E-state index in [0.29, 0.717) is 23.5 Å². The van der Waals surface area contributed by atoms with E-state index in [2.05, 4.69) is 19.9 Å². The van der Waals surface area contributed by atoms with Crippen LogP contribution in [0.3, 0.4) is 0 Å². The van der Waals surface area contributed by atoms with E-state index in [4.69, 9.17) is 10.5 Å². The summed E-state index contributed by atoms with van der Waals surface area (Å²) in [5.41, 5.74) is 8.84. The van der Waals surface area contributed by atoms with Crippen LogP contribution in [0.1, 0.15) is 11.4 Å². The minimum atomic E-state index is 0.378. The highest BCUT2D eigenvalue weighted by Crippen LogP contribution is 2.18. The van der Waals surface area contributed by atoms with Crippen LogP contribution >= 0.6 is 0 Å². The van der Waals surface area contributed by atoms with Crippen LogP contribution in [0.5, 0.6) is 5.75 Å². The van der Waals surface area contributed by atoms with Gasteiger partial charge in [0, 0.05) is 17.8 Å². The smallest absolute Gasteiger partial charge is 0.165 e. The lowest BCUT2D eigenvalue weighted by Gasteiger charge is -2.07. The van der Waals surface area contributed by atoms with Crippen LogP contribution in [0.25, 0.3) is 11.2 Å². The molecule has 102 valence electrons. The van der Waals surface area contributed by atoms with Crippen LogP contribution < -0.4 is 10.5 Å². The van der Waals surface area contributed by atoms with Crippen molar-refractivity contribution in [2.24, 2.45) is 0 Å². The first-order chi connectivity index (χ1) is 9.67. The van der Waals surface area contributed by atoms with Crippen molar-refractivity contribution in [2.75, 3.05) is 12.8 Å². The number of hydrogen-bond acceptors (Lipinski definition) is 6. The van der Waals surface area contributed by atoms with E-state index in [1.807, 2.05) is 23.6 Å². The molecule has 0 spiro atoms. The Kier molecular flexibility index (Phi) is 2.94. The lowest BCUT2D eigenvalue weighted by atomic mass is 10.3. The normalized spacial score (nSPS) is 10.9. The van der Waals surface area contributed by atoms with Gasteiger partial charge in [-0.2, -0.15) is 0 Å². The summed E-state index contributed by atoms with van der Waals surface area (Å²) >= 11 is 0. The number of methoxy groups -OCH3 is 1. The maximum atomic E-state index is 5.77. The largest absolute Gasteiger partial charge is 0.497 e. The average molecular weight is 270 g/mol. The van der Waals surface area contributed by atoms with Crippen molar-refractivity contribution in [3.05, 3.63) is 36.2 Å². The van der Waals surface area contributed by atoms with Gasteiger partial charge in [-0.05, 0) is 6.92 Å². The molecule has 0 aromatic carbocycles. The van der Waals surface area contributed by atoms with E-state index in [-0.39, 0.29) is 0 Å². The quantitative estimate of drug-likeness (QED) is 0.768. The molecule has 2 N–H and O–H groups in total. The molecule has 0 unspecified atom stereocenters. The number of hydrogen-bond donors (Lipinski definition) is 1. The van der Waals surface area contributed by atoms with Crippen LogP contribution in [-0.2, 0) is 6.54 Å². The Bertz CT molecular complexity index is 767. The zero-order valence-electron chi connectivity index (χ0n) is 11.2. The molecule has 20 heavy (non-hydrogen) atoms. The fourth-order valence-corrected chi connectivity index (χ4v) is 2.09. The Balaban J connectivity index is 2.01. The Hall–Kier alpha value is -2.70. The van der Waals surface area contributed by atoms with Crippen molar-refractivity contribution < 1.29 is 4.74 Å². The highest BCUT2D eigenvalue weighted by atomic mass is 16.5. The topological polar surface area (TPSA) is 91.7 Å². The van der Waals surface area contributed by atoms with Crippen molar-refractivity contribution in [1.82, 2.24) is 24.5 Å². The molecule has 0 aliphatic carbocycles. The van der Waals surface area contributed by atoms with Crippen LogP contribution in [-0.4, -0.2) is 31.6 Å². The number of imidazole rings is 1. The van der Waals surface area contributed by atoms with Gasteiger partial charge in [-0.3, -0.25) is 4.98 Å². The maximum Gasteiger partial charge on any atom is 0.165 e. The second-order valence-electron chi connectivity index (χ2n) is 4.44. The minimum absolute atomic E-state index is 0.378. The van der Waals surface area contributed by atoms with Crippen molar-refractivity contribution in [1.29, 1.82) is 0 Å². The van der Waals surface area contributed by atoms with Gasteiger partial charge < -0.3 is 15.0 Å². The monoisotopic (exact) mass is 270 g/mol. The summed E-state index contributed by atoms with van der Waals surface area (Å²) in [6.07, 6.45) is 3.12. The van der Waals surface area contributed by atoms with Gasteiger partial charge in [-0.15, -0.1) is 0 Å². The van der Waals surface area contributed by atoms with Gasteiger partial charge >= 0.3 is 0 Å². The van der Waals surface area contributed by atoms with E-state index in [0.717, 1.165) is 17.1 Å². The predicted octanol–water partition coefficient (Wildman–Crippen LogP) is 1.17. The molecule has 0 saturated heterocycles. The van der Waals surface area contributed by atoms with Gasteiger partial charge in [0.2, 0.25) is 0 Å². The molecule has 0 aliphatic heterocycles. The van der Waals surface area contributed by atoms with E-state index in [9.17, 15) is 0 Å². The highest BCUT2D eigenvalue weighted by Gasteiger charge is 2.09. The molecule has 0 atom stereocenters. The molecule has 3 rings (SSSR count). The van der Waals surface area contributed by atoms with Gasteiger partial charge in [0.25, 0.3) is 0 Å². The second kappa shape index (κ2) is 4.76. The van der Waals surface area contributed by atoms with Crippen molar-refractivity contribution >= 4 is 17.0 Å². The fourth-order valence-electron chi connectivity index (χ4n) is 2.09. The number of anilines is 1. The number of pyridine rings is 1. The predicted molar refractivity (Wildman–Crippen MR) is 74.4 cm³/mol. The Morgan fingerprint density at radius 1 is 1.25 bits per heavy atom. The third kappa shape index (κ3) is 2.13. The molecule has 0 fully saturated rings. The van der Waals surface area contributed by atoms with Gasteiger partial charge in [0.05, 0.1) is 25.7 Å². The van der Waals surface area contributed by atoms with Gasteiger partial charge in [0.1, 0.15) is 17.6 Å². The third-order valence-corrected chi connectivity index (χ3v) is 2.98. The molecular formula is C13H14N6O. The number of rotatable bonds is 3. The molecule has 0 bridgehead atoms. The molecule has 7 heteroatoms. The van der Waals surface area contributed by atoms with Crippen LogP contribution in [0.15, 0.2) is 24.8 Å². The minimum Gasteiger partial charge on any atom is -0.497 e. The van der Waals surface area contributed by atoms with E-state index >= 15 is 0 Å². The molecule has 3 heterocycles. The van der Waals surface area contributed by atoms with Crippen LogP contribution in [0.4, 0.5) is 5.82 Å². The molecule has 7 nitrogen and oxygen atoms in total. The number of nitrogens with two attached hydrogens (primary N) is 1. The highest BCUT2D eigenvalue weighted by molar-refractivity contribution is 5.81. The second-order valence-corrected chi connectivity index (χ2v) is 4.44. The number of aryl methyl sites for hydroxylation is 1. The van der Waals surface area contributed by atoms with Crippen molar-refractivity contribution in [3.63, 3.8) is 0 Å². The summed E-state index contributed by atoms with van der Waals surface area (Å²) in [4.78, 5) is 16.9. The lowest BCUT2D eigenvalue weighted by Crippen LogP contribution is -2.03.